The summed E-state index contributed by atoms with van der Waals surface area (Å²) in [6.07, 6.45) is 0. The van der Waals surface area contributed by atoms with E-state index in [4.69, 9.17) is 4.74 Å². The van der Waals surface area contributed by atoms with E-state index in [0.717, 1.165) is 16.0 Å². The third kappa shape index (κ3) is 2.45. The van der Waals surface area contributed by atoms with Crippen molar-refractivity contribution in [3.63, 3.8) is 0 Å². The second kappa shape index (κ2) is 4.71. The van der Waals surface area contributed by atoms with Gasteiger partial charge in [-0.3, -0.25) is 0 Å². The topological polar surface area (TPSA) is 9.23 Å². The minimum atomic E-state index is 0.858. The molecule has 2 aromatic carbocycles. The highest BCUT2D eigenvalue weighted by atomic mass is 79.9. The first kappa shape index (κ1) is 11.2. The summed E-state index contributed by atoms with van der Waals surface area (Å²) in [6, 6.07) is 13.9. The van der Waals surface area contributed by atoms with Crippen molar-refractivity contribution in [3.8, 4) is 11.5 Å². The predicted octanol–water partition coefficient (Wildman–Crippen LogP) is 4.86. The first-order valence-corrected chi connectivity index (χ1v) is 5.96. The molecule has 1 nitrogen and oxygen atoms in total. The van der Waals surface area contributed by atoms with Crippen molar-refractivity contribution in [3.05, 3.63) is 58.1 Å². The van der Waals surface area contributed by atoms with Gasteiger partial charge in [0.05, 0.1) is 0 Å². The van der Waals surface area contributed by atoms with E-state index in [2.05, 4.69) is 35.8 Å². The van der Waals surface area contributed by atoms with Crippen LogP contribution in [0.2, 0.25) is 0 Å². The second-order valence-electron chi connectivity index (χ2n) is 3.75. The number of rotatable bonds is 2. The second-order valence-corrected chi connectivity index (χ2v) is 4.67. The summed E-state index contributed by atoms with van der Waals surface area (Å²) < 4.78 is 6.88. The molecule has 0 fully saturated rings. The van der Waals surface area contributed by atoms with Crippen LogP contribution in [0.5, 0.6) is 11.5 Å². The molecule has 0 aliphatic heterocycles. The normalized spacial score (nSPS) is 10.2. The molecule has 2 aromatic rings. The highest BCUT2D eigenvalue weighted by Crippen LogP contribution is 2.27. The van der Waals surface area contributed by atoms with Gasteiger partial charge in [-0.1, -0.05) is 28.1 Å². The van der Waals surface area contributed by atoms with Gasteiger partial charge in [0, 0.05) is 4.47 Å². The number of hydrogen-bond donors (Lipinski definition) is 0. The standard InChI is InChI=1S/C14H13BrO/c1-10-4-3-5-14(11(10)2)16-13-8-6-12(15)7-9-13/h3-9H,1-2H3. The average molecular weight is 277 g/mol. The summed E-state index contributed by atoms with van der Waals surface area (Å²) in [5.74, 6) is 1.78. The molecule has 2 heteroatoms. The molecule has 0 aromatic heterocycles. The van der Waals surface area contributed by atoms with E-state index in [1.165, 1.54) is 11.1 Å². The lowest BCUT2D eigenvalue weighted by Gasteiger charge is -2.10. The van der Waals surface area contributed by atoms with Crippen molar-refractivity contribution in [1.82, 2.24) is 0 Å². The minimum Gasteiger partial charge on any atom is -0.457 e. The molecule has 82 valence electrons. The maximum absolute atomic E-state index is 5.82. The zero-order valence-corrected chi connectivity index (χ0v) is 10.9. The van der Waals surface area contributed by atoms with Gasteiger partial charge in [-0.15, -0.1) is 0 Å². The van der Waals surface area contributed by atoms with Gasteiger partial charge in [-0.05, 0) is 55.3 Å². The lowest BCUT2D eigenvalue weighted by atomic mass is 10.1. The molecule has 0 heterocycles. The number of halogens is 1. The van der Waals surface area contributed by atoms with Gasteiger partial charge in [0.25, 0.3) is 0 Å². The average Bonchev–Trinajstić information content (AvgIpc) is 2.28. The molecule has 0 spiro atoms. The monoisotopic (exact) mass is 276 g/mol. The SMILES string of the molecule is Cc1cccc(Oc2ccc(Br)cc2)c1C. The predicted molar refractivity (Wildman–Crippen MR) is 70.1 cm³/mol. The summed E-state index contributed by atoms with van der Waals surface area (Å²) in [5, 5.41) is 0. The van der Waals surface area contributed by atoms with E-state index < -0.39 is 0 Å². The molecule has 0 bridgehead atoms. The molecule has 16 heavy (non-hydrogen) atoms. The Kier molecular flexibility index (Phi) is 3.30. The summed E-state index contributed by atoms with van der Waals surface area (Å²) in [5.41, 5.74) is 2.43. The van der Waals surface area contributed by atoms with Crippen LogP contribution in [0.25, 0.3) is 0 Å². The Labute approximate surface area is 104 Å². The summed E-state index contributed by atoms with van der Waals surface area (Å²) in [6.45, 7) is 4.16. The van der Waals surface area contributed by atoms with Crippen LogP contribution in [-0.2, 0) is 0 Å². The number of benzene rings is 2. The third-order valence-electron chi connectivity index (χ3n) is 2.60. The first-order chi connectivity index (χ1) is 7.66. The molecule has 0 amide bonds. The smallest absolute Gasteiger partial charge is 0.130 e. The van der Waals surface area contributed by atoms with Gasteiger partial charge < -0.3 is 4.74 Å². The molecule has 0 radical (unpaired) electrons. The molecular formula is C14H13BrO. The Morgan fingerprint density at radius 3 is 2.31 bits per heavy atom. The number of hydrogen-bond acceptors (Lipinski definition) is 1. The van der Waals surface area contributed by atoms with E-state index in [0.29, 0.717) is 0 Å². The van der Waals surface area contributed by atoms with Crippen molar-refractivity contribution in [2.75, 3.05) is 0 Å². The molecule has 0 aliphatic carbocycles. The zero-order chi connectivity index (χ0) is 11.5. The van der Waals surface area contributed by atoms with Crippen molar-refractivity contribution in [2.45, 2.75) is 13.8 Å². The van der Waals surface area contributed by atoms with Gasteiger partial charge in [-0.2, -0.15) is 0 Å². The van der Waals surface area contributed by atoms with Crippen LogP contribution in [0.3, 0.4) is 0 Å². The minimum absolute atomic E-state index is 0.858. The van der Waals surface area contributed by atoms with Crippen LogP contribution >= 0.6 is 15.9 Å². The summed E-state index contributed by atoms with van der Waals surface area (Å²) in [4.78, 5) is 0. The van der Waals surface area contributed by atoms with Crippen LogP contribution in [0.1, 0.15) is 11.1 Å². The van der Waals surface area contributed by atoms with Crippen molar-refractivity contribution in [1.29, 1.82) is 0 Å². The fourth-order valence-electron chi connectivity index (χ4n) is 1.46. The quantitative estimate of drug-likeness (QED) is 0.761. The van der Waals surface area contributed by atoms with Crippen molar-refractivity contribution >= 4 is 15.9 Å². The van der Waals surface area contributed by atoms with Crippen LogP contribution in [-0.4, -0.2) is 0 Å². The molecular weight excluding hydrogens is 264 g/mol. The molecule has 2 rings (SSSR count). The van der Waals surface area contributed by atoms with Crippen molar-refractivity contribution in [2.24, 2.45) is 0 Å². The van der Waals surface area contributed by atoms with Crippen LogP contribution < -0.4 is 4.74 Å². The lowest BCUT2D eigenvalue weighted by molar-refractivity contribution is 0.478. The largest absolute Gasteiger partial charge is 0.457 e. The van der Waals surface area contributed by atoms with Gasteiger partial charge >= 0.3 is 0 Å². The Morgan fingerprint density at radius 1 is 0.938 bits per heavy atom. The molecule has 0 aliphatic rings. The Morgan fingerprint density at radius 2 is 1.62 bits per heavy atom. The highest BCUT2D eigenvalue weighted by Gasteiger charge is 2.02. The van der Waals surface area contributed by atoms with Crippen LogP contribution in [0.4, 0.5) is 0 Å². The maximum atomic E-state index is 5.82. The van der Waals surface area contributed by atoms with Crippen molar-refractivity contribution < 1.29 is 4.74 Å². The van der Waals surface area contributed by atoms with Gasteiger partial charge in [0.2, 0.25) is 0 Å². The number of ether oxygens (including phenoxy) is 1. The third-order valence-corrected chi connectivity index (χ3v) is 3.13. The number of aryl methyl sites for hydroxylation is 1. The molecule has 0 saturated heterocycles. The maximum Gasteiger partial charge on any atom is 0.130 e. The summed E-state index contributed by atoms with van der Waals surface area (Å²) >= 11 is 3.40. The van der Waals surface area contributed by atoms with E-state index in [9.17, 15) is 0 Å². The zero-order valence-electron chi connectivity index (χ0n) is 9.33. The van der Waals surface area contributed by atoms with E-state index in [-0.39, 0.29) is 0 Å². The fourth-order valence-corrected chi connectivity index (χ4v) is 1.73. The van der Waals surface area contributed by atoms with E-state index >= 15 is 0 Å². The van der Waals surface area contributed by atoms with Gasteiger partial charge in [-0.25, -0.2) is 0 Å². The van der Waals surface area contributed by atoms with Crippen LogP contribution in [0, 0.1) is 13.8 Å². The first-order valence-electron chi connectivity index (χ1n) is 5.16. The Balaban J connectivity index is 2.27. The molecule has 0 atom stereocenters. The molecule has 0 saturated carbocycles. The van der Waals surface area contributed by atoms with Gasteiger partial charge in [0.1, 0.15) is 11.5 Å². The Bertz CT molecular complexity index is 489. The van der Waals surface area contributed by atoms with E-state index in [1.54, 1.807) is 0 Å². The lowest BCUT2D eigenvalue weighted by Crippen LogP contribution is -1.89. The molecule has 0 N–H and O–H groups in total. The van der Waals surface area contributed by atoms with Crippen LogP contribution in [0.15, 0.2) is 46.9 Å². The fraction of sp³-hybridized carbons (Fsp3) is 0.143. The van der Waals surface area contributed by atoms with Gasteiger partial charge in [0.15, 0.2) is 0 Å². The van der Waals surface area contributed by atoms with E-state index in [1.807, 2.05) is 36.4 Å². The molecule has 0 unspecified atom stereocenters. The Hall–Kier alpha value is -1.28. The summed E-state index contributed by atoms with van der Waals surface area (Å²) in [7, 11) is 0. The highest BCUT2D eigenvalue weighted by molar-refractivity contribution is 9.10.